The van der Waals surface area contributed by atoms with Crippen LogP contribution in [0.5, 0.6) is 0 Å². The van der Waals surface area contributed by atoms with Gasteiger partial charge in [-0.25, -0.2) is 20.2 Å². The second kappa shape index (κ2) is 10.3. The van der Waals surface area contributed by atoms with Crippen LogP contribution >= 0.6 is 0 Å². The molecule has 0 spiro atoms. The van der Waals surface area contributed by atoms with Crippen molar-refractivity contribution in [2.75, 3.05) is 57.7 Å². The molecule has 2 aromatic rings. The standard InChI is InChI=1S/C26H37N9O/c27-34-8-5-33(6-9-34)7-10-35-17-22(16-30-35)21-13-24-23(28-14-21)3-4-25(31-24)32-26(36)29-15-20-12-18-1-2-19(20)11-18/h3-4,13-14,17-20,30H,1-2,5-12,15-16,27H2,(H2,29,31,32,36)/t18-,19+,20?/m1/s1. The van der Waals surface area contributed by atoms with Crippen molar-refractivity contribution in [2.24, 2.45) is 23.6 Å². The van der Waals surface area contributed by atoms with E-state index in [1.807, 2.05) is 23.3 Å². The molecule has 5 N–H and O–H groups in total. The van der Waals surface area contributed by atoms with Crippen LogP contribution in [0.2, 0.25) is 0 Å². The highest BCUT2D eigenvalue weighted by Gasteiger charge is 2.39. The number of fused-ring (bicyclic) bond motifs is 3. The van der Waals surface area contributed by atoms with Crippen LogP contribution < -0.4 is 21.9 Å². The van der Waals surface area contributed by atoms with Crippen LogP contribution in [0.3, 0.4) is 0 Å². The molecule has 2 aromatic heterocycles. The van der Waals surface area contributed by atoms with Crippen LogP contribution in [-0.4, -0.2) is 83.3 Å². The lowest BCUT2D eigenvalue weighted by Gasteiger charge is -2.32. The number of nitrogens with two attached hydrogens (primary N) is 1. The maximum absolute atomic E-state index is 12.5. The van der Waals surface area contributed by atoms with Crippen molar-refractivity contribution >= 4 is 28.5 Å². The Balaban J connectivity index is 1.04. The number of hydrogen-bond acceptors (Lipinski definition) is 8. The van der Waals surface area contributed by atoms with Crippen molar-refractivity contribution in [1.82, 2.24) is 35.6 Å². The van der Waals surface area contributed by atoms with Gasteiger partial charge in [0.2, 0.25) is 0 Å². The van der Waals surface area contributed by atoms with Crippen molar-refractivity contribution in [2.45, 2.75) is 25.7 Å². The highest BCUT2D eigenvalue weighted by Crippen LogP contribution is 2.47. The summed E-state index contributed by atoms with van der Waals surface area (Å²) in [4.78, 5) is 24.2. The number of urea groups is 1. The molecule has 2 aliphatic carbocycles. The van der Waals surface area contributed by atoms with Gasteiger partial charge in [-0.3, -0.25) is 21.0 Å². The first-order valence-corrected chi connectivity index (χ1v) is 13.3. The first-order valence-electron chi connectivity index (χ1n) is 13.3. The van der Waals surface area contributed by atoms with Gasteiger partial charge in [-0.05, 0) is 60.8 Å². The number of aromatic nitrogens is 2. The first-order chi connectivity index (χ1) is 17.6. The monoisotopic (exact) mass is 491 g/mol. The Labute approximate surface area is 212 Å². The lowest BCUT2D eigenvalue weighted by atomic mass is 9.89. The van der Waals surface area contributed by atoms with E-state index in [1.165, 1.54) is 31.3 Å². The molecule has 36 heavy (non-hydrogen) atoms. The lowest BCUT2D eigenvalue weighted by molar-refractivity contribution is 0.122. The van der Waals surface area contributed by atoms with Gasteiger partial charge in [0.15, 0.2) is 0 Å². The molecule has 1 saturated heterocycles. The Hall–Kier alpha value is -2.79. The molecule has 10 heteroatoms. The van der Waals surface area contributed by atoms with E-state index in [9.17, 15) is 4.79 Å². The number of carbonyl (C=O) groups is 1. The molecule has 0 radical (unpaired) electrons. The predicted molar refractivity (Wildman–Crippen MR) is 140 cm³/mol. The Morgan fingerprint density at radius 3 is 2.81 bits per heavy atom. The zero-order chi connectivity index (χ0) is 24.5. The van der Waals surface area contributed by atoms with Crippen LogP contribution in [0, 0.1) is 17.8 Å². The maximum atomic E-state index is 12.5. The van der Waals surface area contributed by atoms with E-state index < -0.39 is 0 Å². The van der Waals surface area contributed by atoms with Crippen LogP contribution in [0.1, 0.15) is 31.2 Å². The lowest BCUT2D eigenvalue weighted by Crippen LogP contribution is -2.51. The molecule has 2 saturated carbocycles. The number of carbonyl (C=O) groups excluding carboxylic acids is 1. The number of amides is 2. The molecular formula is C26H37N9O. The van der Waals surface area contributed by atoms with E-state index >= 15 is 0 Å². The summed E-state index contributed by atoms with van der Waals surface area (Å²) < 4.78 is 0. The van der Waals surface area contributed by atoms with Crippen LogP contribution in [-0.2, 0) is 0 Å². The molecule has 10 nitrogen and oxygen atoms in total. The number of anilines is 1. The molecule has 1 unspecified atom stereocenters. The number of pyridine rings is 2. The highest BCUT2D eigenvalue weighted by molar-refractivity contribution is 5.90. The van der Waals surface area contributed by atoms with Crippen LogP contribution in [0.4, 0.5) is 10.6 Å². The summed E-state index contributed by atoms with van der Waals surface area (Å²) in [5, 5.41) is 10.0. The summed E-state index contributed by atoms with van der Waals surface area (Å²) >= 11 is 0. The number of hydrazine groups is 2. The number of nitrogens with one attached hydrogen (secondary N) is 3. The average Bonchev–Trinajstić information content (AvgIpc) is 3.64. The van der Waals surface area contributed by atoms with Crippen LogP contribution in [0.15, 0.2) is 30.6 Å². The minimum atomic E-state index is -0.181. The Morgan fingerprint density at radius 1 is 1.11 bits per heavy atom. The third-order valence-corrected chi connectivity index (χ3v) is 8.41. The van der Waals surface area contributed by atoms with Crippen molar-refractivity contribution in [1.29, 1.82) is 0 Å². The van der Waals surface area contributed by atoms with Crippen molar-refractivity contribution in [3.63, 3.8) is 0 Å². The summed E-state index contributed by atoms with van der Waals surface area (Å²) in [7, 11) is 0. The van der Waals surface area contributed by atoms with Gasteiger partial charge < -0.3 is 10.3 Å². The van der Waals surface area contributed by atoms with Gasteiger partial charge in [-0.2, -0.15) is 0 Å². The third-order valence-electron chi connectivity index (χ3n) is 8.41. The minimum absolute atomic E-state index is 0.181. The molecule has 2 aliphatic heterocycles. The van der Waals surface area contributed by atoms with E-state index in [1.54, 1.807) is 0 Å². The fraction of sp³-hybridized carbons (Fsp3) is 0.577. The topological polar surface area (TPSA) is 115 Å². The zero-order valence-corrected chi connectivity index (χ0v) is 20.8. The fourth-order valence-electron chi connectivity index (χ4n) is 6.29. The summed E-state index contributed by atoms with van der Waals surface area (Å²) in [6.07, 6.45) is 9.38. The van der Waals surface area contributed by atoms with E-state index in [4.69, 9.17) is 5.84 Å². The summed E-state index contributed by atoms with van der Waals surface area (Å²) in [5.41, 5.74) is 7.26. The average molecular weight is 492 g/mol. The highest BCUT2D eigenvalue weighted by atomic mass is 16.2. The number of rotatable bonds is 7. The number of hydrogen-bond donors (Lipinski definition) is 4. The van der Waals surface area contributed by atoms with Crippen LogP contribution in [0.25, 0.3) is 16.6 Å². The number of nitrogens with zero attached hydrogens (tertiary/aromatic N) is 5. The van der Waals surface area contributed by atoms with Gasteiger partial charge >= 0.3 is 6.03 Å². The van der Waals surface area contributed by atoms with Gasteiger partial charge in [0.25, 0.3) is 0 Å². The third kappa shape index (κ3) is 5.31. The Bertz CT molecular complexity index is 1130. The molecule has 0 aromatic carbocycles. The minimum Gasteiger partial charge on any atom is -0.338 e. The second-order valence-electron chi connectivity index (χ2n) is 10.8. The van der Waals surface area contributed by atoms with E-state index in [0.29, 0.717) is 11.7 Å². The van der Waals surface area contributed by atoms with E-state index in [-0.39, 0.29) is 6.03 Å². The van der Waals surface area contributed by atoms with Crippen molar-refractivity contribution in [3.05, 3.63) is 36.2 Å². The van der Waals surface area contributed by atoms with E-state index in [2.05, 4.69) is 48.2 Å². The molecule has 6 rings (SSSR count). The van der Waals surface area contributed by atoms with Gasteiger partial charge in [0, 0.05) is 70.3 Å². The number of piperazine rings is 1. The first kappa shape index (κ1) is 23.6. The summed E-state index contributed by atoms with van der Waals surface area (Å²) in [6.45, 7) is 7.29. The van der Waals surface area contributed by atoms with Crippen molar-refractivity contribution < 1.29 is 4.79 Å². The van der Waals surface area contributed by atoms with Crippen molar-refractivity contribution in [3.8, 4) is 0 Å². The molecule has 3 fully saturated rings. The molecule has 192 valence electrons. The maximum Gasteiger partial charge on any atom is 0.320 e. The molecular weight excluding hydrogens is 454 g/mol. The normalized spacial score (nSPS) is 26.5. The second-order valence-corrected chi connectivity index (χ2v) is 10.8. The Kier molecular flexibility index (Phi) is 6.75. The molecule has 4 heterocycles. The van der Waals surface area contributed by atoms with Gasteiger partial charge in [-0.1, -0.05) is 6.42 Å². The molecule has 4 aliphatic rings. The smallest absolute Gasteiger partial charge is 0.320 e. The summed E-state index contributed by atoms with van der Waals surface area (Å²) in [6, 6.07) is 5.60. The SMILES string of the molecule is NN1CCN(CCN2C=C(c3cnc4ccc(NC(=O)NCC5C[C@@H]6CC[C@H]5C6)nc4c3)CN2)CC1. The Morgan fingerprint density at radius 2 is 2.00 bits per heavy atom. The largest absolute Gasteiger partial charge is 0.338 e. The quantitative estimate of drug-likeness (QED) is 0.434. The zero-order valence-electron chi connectivity index (χ0n) is 20.8. The molecule has 3 atom stereocenters. The van der Waals surface area contributed by atoms with Gasteiger partial charge in [-0.15, -0.1) is 0 Å². The predicted octanol–water partition coefficient (Wildman–Crippen LogP) is 1.84. The summed E-state index contributed by atoms with van der Waals surface area (Å²) in [5.74, 6) is 8.73. The fourth-order valence-corrected chi connectivity index (χ4v) is 6.29. The van der Waals surface area contributed by atoms with E-state index in [0.717, 1.165) is 80.8 Å². The van der Waals surface area contributed by atoms with Gasteiger partial charge in [0.1, 0.15) is 5.82 Å². The molecule has 2 bridgehead atoms. The molecule has 2 amide bonds. The van der Waals surface area contributed by atoms with Gasteiger partial charge in [0.05, 0.1) is 11.0 Å².